The first-order valence-corrected chi connectivity index (χ1v) is 5.66. The van der Waals surface area contributed by atoms with Crippen LogP contribution in [-0.4, -0.2) is 56.3 Å². The smallest absolute Gasteiger partial charge is 0.242 e. The van der Waals surface area contributed by atoms with E-state index in [2.05, 4.69) is 20.2 Å². The lowest BCUT2D eigenvalue weighted by molar-refractivity contribution is 0.177. The van der Waals surface area contributed by atoms with Crippen LogP contribution < -0.4 is 15.8 Å². The van der Waals surface area contributed by atoms with Crippen molar-refractivity contribution in [2.24, 2.45) is 0 Å². The predicted octanol–water partition coefficient (Wildman–Crippen LogP) is 0.187. The maximum absolute atomic E-state index is 5.91. The van der Waals surface area contributed by atoms with Gasteiger partial charge in [0.15, 0.2) is 11.6 Å². The van der Waals surface area contributed by atoms with Gasteiger partial charge >= 0.3 is 0 Å². The molecule has 7 nitrogen and oxygen atoms in total. The van der Waals surface area contributed by atoms with Crippen molar-refractivity contribution in [3.63, 3.8) is 0 Å². The molecular formula is C11H21N5O2. The first-order chi connectivity index (χ1) is 8.58. The van der Waals surface area contributed by atoms with Crippen LogP contribution in [-0.2, 0) is 11.3 Å². The van der Waals surface area contributed by atoms with Crippen molar-refractivity contribution < 1.29 is 9.47 Å². The zero-order valence-electron chi connectivity index (χ0n) is 11.4. The van der Waals surface area contributed by atoms with Crippen LogP contribution in [0.15, 0.2) is 0 Å². The quantitative estimate of drug-likeness (QED) is 0.719. The second-order valence-corrected chi connectivity index (χ2v) is 4.07. The van der Waals surface area contributed by atoms with Crippen molar-refractivity contribution >= 4 is 11.5 Å². The Morgan fingerprint density at radius 1 is 1.28 bits per heavy atom. The number of nitrogens with two attached hydrogens (primary N) is 1. The van der Waals surface area contributed by atoms with Gasteiger partial charge in [-0.3, -0.25) is 0 Å². The van der Waals surface area contributed by atoms with E-state index in [0.29, 0.717) is 29.8 Å². The van der Waals surface area contributed by atoms with E-state index in [1.165, 1.54) is 7.11 Å². The topological polar surface area (TPSA) is 85.5 Å². The standard InChI is InChI=1S/C11H21N5O2/c1-16(2)6-5-13-10-9(12)11(18-4)15-8(14-10)7-17-3/h5-7,12H2,1-4H3,(H,13,14,15). The van der Waals surface area contributed by atoms with Crippen molar-refractivity contribution in [2.45, 2.75) is 6.61 Å². The van der Waals surface area contributed by atoms with Crippen molar-refractivity contribution in [2.75, 3.05) is 52.5 Å². The molecule has 3 N–H and O–H groups in total. The third-order valence-electron chi connectivity index (χ3n) is 2.28. The fourth-order valence-electron chi connectivity index (χ4n) is 1.37. The third-order valence-corrected chi connectivity index (χ3v) is 2.28. The Hall–Kier alpha value is -1.60. The second-order valence-electron chi connectivity index (χ2n) is 4.07. The molecule has 0 saturated carbocycles. The molecule has 0 aliphatic rings. The van der Waals surface area contributed by atoms with Crippen LogP contribution >= 0.6 is 0 Å². The van der Waals surface area contributed by atoms with E-state index in [0.717, 1.165) is 13.1 Å². The number of nitrogens with zero attached hydrogens (tertiary/aromatic N) is 3. The normalized spacial score (nSPS) is 10.7. The number of anilines is 2. The van der Waals surface area contributed by atoms with Crippen LogP contribution in [0.4, 0.5) is 11.5 Å². The highest BCUT2D eigenvalue weighted by Crippen LogP contribution is 2.25. The van der Waals surface area contributed by atoms with Gasteiger partial charge < -0.3 is 25.4 Å². The number of hydrogen-bond acceptors (Lipinski definition) is 7. The number of likely N-dealkylation sites (N-methyl/N-ethyl adjacent to an activating group) is 1. The molecule has 1 heterocycles. The van der Waals surface area contributed by atoms with Gasteiger partial charge in [-0.05, 0) is 14.1 Å². The van der Waals surface area contributed by atoms with E-state index in [4.69, 9.17) is 15.2 Å². The minimum atomic E-state index is 0.318. The monoisotopic (exact) mass is 255 g/mol. The van der Waals surface area contributed by atoms with E-state index in [-0.39, 0.29) is 0 Å². The molecule has 0 radical (unpaired) electrons. The molecule has 0 atom stereocenters. The highest BCUT2D eigenvalue weighted by molar-refractivity contribution is 5.66. The van der Waals surface area contributed by atoms with Gasteiger partial charge in [-0.25, -0.2) is 4.98 Å². The van der Waals surface area contributed by atoms with E-state index < -0.39 is 0 Å². The minimum absolute atomic E-state index is 0.318. The molecule has 0 spiro atoms. The Morgan fingerprint density at radius 3 is 2.56 bits per heavy atom. The summed E-state index contributed by atoms with van der Waals surface area (Å²) in [6.45, 7) is 1.94. The summed E-state index contributed by atoms with van der Waals surface area (Å²) in [4.78, 5) is 10.5. The van der Waals surface area contributed by atoms with Crippen LogP contribution in [0, 0.1) is 0 Å². The molecule has 0 fully saturated rings. The van der Waals surface area contributed by atoms with Gasteiger partial charge in [-0.2, -0.15) is 4.98 Å². The summed E-state index contributed by atoms with van der Waals surface area (Å²) >= 11 is 0. The highest BCUT2D eigenvalue weighted by atomic mass is 16.5. The lowest BCUT2D eigenvalue weighted by Crippen LogP contribution is -2.22. The van der Waals surface area contributed by atoms with Gasteiger partial charge in [0.25, 0.3) is 0 Å². The highest BCUT2D eigenvalue weighted by Gasteiger charge is 2.11. The maximum atomic E-state index is 5.91. The Labute approximate surface area is 107 Å². The zero-order chi connectivity index (χ0) is 13.5. The Kier molecular flexibility index (Phi) is 5.60. The number of ether oxygens (including phenoxy) is 2. The summed E-state index contributed by atoms with van der Waals surface area (Å²) in [6, 6.07) is 0. The van der Waals surface area contributed by atoms with Crippen LogP contribution in [0.5, 0.6) is 5.88 Å². The van der Waals surface area contributed by atoms with Gasteiger partial charge in [0.2, 0.25) is 5.88 Å². The molecule has 0 unspecified atom stereocenters. The van der Waals surface area contributed by atoms with Gasteiger partial charge in [0, 0.05) is 20.2 Å². The molecule has 1 rings (SSSR count). The molecule has 1 aromatic rings. The van der Waals surface area contributed by atoms with Gasteiger partial charge in [0.1, 0.15) is 12.3 Å². The SMILES string of the molecule is COCc1nc(NCCN(C)C)c(N)c(OC)n1. The number of nitrogens with one attached hydrogen (secondary N) is 1. The van der Waals surface area contributed by atoms with E-state index in [1.54, 1.807) is 7.11 Å². The molecule has 102 valence electrons. The van der Waals surface area contributed by atoms with Gasteiger partial charge in [-0.1, -0.05) is 0 Å². The maximum Gasteiger partial charge on any atom is 0.242 e. The van der Waals surface area contributed by atoms with Crippen molar-refractivity contribution in [1.82, 2.24) is 14.9 Å². The number of rotatable bonds is 7. The average molecular weight is 255 g/mol. The molecule has 0 amide bonds. The molecule has 0 aromatic carbocycles. The van der Waals surface area contributed by atoms with E-state index in [9.17, 15) is 0 Å². The summed E-state index contributed by atoms with van der Waals surface area (Å²) < 4.78 is 10.1. The number of aromatic nitrogens is 2. The van der Waals surface area contributed by atoms with E-state index in [1.807, 2.05) is 14.1 Å². The number of hydrogen-bond donors (Lipinski definition) is 2. The third kappa shape index (κ3) is 4.01. The van der Waals surface area contributed by atoms with Crippen LogP contribution in [0.3, 0.4) is 0 Å². The van der Waals surface area contributed by atoms with Crippen LogP contribution in [0.1, 0.15) is 5.82 Å². The fraction of sp³-hybridized carbons (Fsp3) is 0.636. The molecule has 1 aromatic heterocycles. The molecule has 18 heavy (non-hydrogen) atoms. The molecule has 0 aliphatic heterocycles. The summed E-state index contributed by atoms with van der Waals surface area (Å²) in [6.07, 6.45) is 0. The van der Waals surface area contributed by atoms with E-state index >= 15 is 0 Å². The first kappa shape index (κ1) is 14.5. The van der Waals surface area contributed by atoms with Crippen molar-refractivity contribution in [3.8, 4) is 5.88 Å². The molecule has 0 aliphatic carbocycles. The Bertz CT molecular complexity index is 384. The Balaban J connectivity index is 2.83. The van der Waals surface area contributed by atoms with Crippen molar-refractivity contribution in [1.29, 1.82) is 0 Å². The second kappa shape index (κ2) is 6.97. The summed E-state index contributed by atoms with van der Waals surface area (Å²) in [5, 5.41) is 3.16. The summed E-state index contributed by atoms with van der Waals surface area (Å²) in [5.74, 6) is 1.48. The molecular weight excluding hydrogens is 234 g/mol. The first-order valence-electron chi connectivity index (χ1n) is 5.66. The largest absolute Gasteiger partial charge is 0.479 e. The number of nitrogen functional groups attached to an aromatic ring is 1. The minimum Gasteiger partial charge on any atom is -0.479 e. The molecule has 0 saturated heterocycles. The number of methoxy groups -OCH3 is 2. The van der Waals surface area contributed by atoms with Gasteiger partial charge in [-0.15, -0.1) is 0 Å². The average Bonchev–Trinajstić information content (AvgIpc) is 2.32. The fourth-order valence-corrected chi connectivity index (χ4v) is 1.37. The predicted molar refractivity (Wildman–Crippen MR) is 70.8 cm³/mol. The summed E-state index contributed by atoms with van der Waals surface area (Å²) in [7, 11) is 7.12. The zero-order valence-corrected chi connectivity index (χ0v) is 11.4. The van der Waals surface area contributed by atoms with Crippen LogP contribution in [0.25, 0.3) is 0 Å². The lowest BCUT2D eigenvalue weighted by Gasteiger charge is -2.14. The van der Waals surface area contributed by atoms with Gasteiger partial charge in [0.05, 0.1) is 7.11 Å². The molecule has 0 bridgehead atoms. The van der Waals surface area contributed by atoms with Crippen LogP contribution in [0.2, 0.25) is 0 Å². The Morgan fingerprint density at radius 2 is 2.00 bits per heavy atom. The van der Waals surface area contributed by atoms with Crippen molar-refractivity contribution in [3.05, 3.63) is 5.82 Å². The lowest BCUT2D eigenvalue weighted by atomic mass is 10.4. The summed E-state index contributed by atoms with van der Waals surface area (Å²) in [5.41, 5.74) is 6.32. The molecule has 7 heteroatoms.